The Kier molecular flexibility index (Phi) is 4.65. The largest absolute Gasteiger partial charge is 0.343 e. The zero-order chi connectivity index (χ0) is 14.7. The van der Waals surface area contributed by atoms with E-state index >= 15 is 0 Å². The number of hydrogen-bond donors (Lipinski definition) is 1. The molecule has 1 N–H and O–H groups in total. The molecule has 5 heteroatoms. The third-order valence-electron chi connectivity index (χ3n) is 3.69. The summed E-state index contributed by atoms with van der Waals surface area (Å²) in [5.41, 5.74) is 1.71. The number of likely N-dealkylation sites (tertiary alicyclic amines) is 1. The van der Waals surface area contributed by atoms with Crippen LogP contribution in [0.3, 0.4) is 0 Å². The summed E-state index contributed by atoms with van der Waals surface area (Å²) in [6.07, 6.45) is 1.41. The fourth-order valence-corrected chi connectivity index (χ4v) is 2.70. The summed E-state index contributed by atoms with van der Waals surface area (Å²) >= 11 is 6.11. The molecule has 1 fully saturated rings. The zero-order valence-electron chi connectivity index (χ0n) is 11.8. The number of halogens is 1. The lowest BCUT2D eigenvalue weighted by Crippen LogP contribution is -2.40. The molecule has 108 valence electrons. The monoisotopic (exact) mass is 294 g/mol. The van der Waals surface area contributed by atoms with Crippen LogP contribution < -0.4 is 5.32 Å². The second-order valence-electron chi connectivity index (χ2n) is 5.25. The molecule has 1 aliphatic heterocycles. The molecule has 0 aliphatic carbocycles. The first-order valence-electron chi connectivity index (χ1n) is 6.80. The molecule has 4 nitrogen and oxygen atoms in total. The normalized spacial score (nSPS) is 16.1. The molecule has 0 radical (unpaired) electrons. The van der Waals surface area contributed by atoms with E-state index in [1.807, 2.05) is 25.1 Å². The van der Waals surface area contributed by atoms with Gasteiger partial charge >= 0.3 is 0 Å². The van der Waals surface area contributed by atoms with Crippen molar-refractivity contribution in [1.82, 2.24) is 4.90 Å². The van der Waals surface area contributed by atoms with Crippen molar-refractivity contribution in [2.75, 3.05) is 18.4 Å². The average Bonchev–Trinajstić information content (AvgIpc) is 2.42. The molecule has 2 rings (SSSR count). The minimum absolute atomic E-state index is 0.0149. The van der Waals surface area contributed by atoms with Gasteiger partial charge in [-0.25, -0.2) is 0 Å². The van der Waals surface area contributed by atoms with Crippen LogP contribution in [-0.2, 0) is 9.59 Å². The highest BCUT2D eigenvalue weighted by Gasteiger charge is 2.26. The minimum Gasteiger partial charge on any atom is -0.343 e. The molecule has 0 saturated carbocycles. The van der Waals surface area contributed by atoms with E-state index in [4.69, 9.17) is 11.6 Å². The number of piperidine rings is 1. The quantitative estimate of drug-likeness (QED) is 0.912. The number of aryl methyl sites for hydroxylation is 1. The van der Waals surface area contributed by atoms with E-state index in [-0.39, 0.29) is 17.7 Å². The lowest BCUT2D eigenvalue weighted by molar-refractivity contribution is -0.132. The van der Waals surface area contributed by atoms with Gasteiger partial charge in [-0.3, -0.25) is 9.59 Å². The van der Waals surface area contributed by atoms with Gasteiger partial charge < -0.3 is 10.2 Å². The van der Waals surface area contributed by atoms with Crippen LogP contribution in [-0.4, -0.2) is 29.8 Å². The molecule has 1 saturated heterocycles. The molecule has 0 spiro atoms. The topological polar surface area (TPSA) is 49.4 Å². The van der Waals surface area contributed by atoms with E-state index in [1.165, 1.54) is 0 Å². The molecular weight excluding hydrogens is 276 g/mol. The fourth-order valence-electron chi connectivity index (χ4n) is 2.41. The van der Waals surface area contributed by atoms with Gasteiger partial charge in [0.2, 0.25) is 11.8 Å². The molecule has 0 unspecified atom stereocenters. The first-order valence-corrected chi connectivity index (χ1v) is 7.17. The van der Waals surface area contributed by atoms with Gasteiger partial charge in [0.15, 0.2) is 0 Å². The van der Waals surface area contributed by atoms with E-state index in [0.717, 1.165) is 5.56 Å². The van der Waals surface area contributed by atoms with Gasteiger partial charge in [-0.15, -0.1) is 0 Å². The molecular formula is C15H19ClN2O2. The second-order valence-corrected chi connectivity index (χ2v) is 5.66. The van der Waals surface area contributed by atoms with Crippen LogP contribution in [0.15, 0.2) is 18.2 Å². The summed E-state index contributed by atoms with van der Waals surface area (Å²) in [5, 5.41) is 3.43. The number of anilines is 1. The first-order chi connectivity index (χ1) is 9.47. The van der Waals surface area contributed by atoms with Crippen molar-refractivity contribution in [3.05, 3.63) is 28.8 Å². The summed E-state index contributed by atoms with van der Waals surface area (Å²) in [6, 6.07) is 5.57. The van der Waals surface area contributed by atoms with E-state index in [1.54, 1.807) is 11.8 Å². The van der Waals surface area contributed by atoms with Crippen LogP contribution in [0, 0.1) is 12.8 Å². The van der Waals surface area contributed by atoms with Crippen LogP contribution in [0.5, 0.6) is 0 Å². The predicted molar refractivity (Wildman–Crippen MR) is 79.8 cm³/mol. The molecule has 20 heavy (non-hydrogen) atoms. The van der Waals surface area contributed by atoms with E-state index in [2.05, 4.69) is 5.32 Å². The highest BCUT2D eigenvalue weighted by atomic mass is 35.5. The Morgan fingerprint density at radius 1 is 1.30 bits per heavy atom. The SMILES string of the molecule is CC(=O)N1CCC(C(=O)Nc2ccc(C)cc2Cl)CC1. The van der Waals surface area contributed by atoms with Gasteiger partial charge in [-0.1, -0.05) is 17.7 Å². The minimum atomic E-state index is -0.0528. The zero-order valence-corrected chi connectivity index (χ0v) is 12.5. The van der Waals surface area contributed by atoms with Crippen LogP contribution in [0.2, 0.25) is 5.02 Å². The fraction of sp³-hybridized carbons (Fsp3) is 0.467. The van der Waals surface area contributed by atoms with Crippen molar-refractivity contribution in [1.29, 1.82) is 0 Å². The second kappa shape index (κ2) is 6.27. The van der Waals surface area contributed by atoms with Crippen LogP contribution in [0.25, 0.3) is 0 Å². The lowest BCUT2D eigenvalue weighted by Gasteiger charge is -2.30. The Labute approximate surface area is 124 Å². The number of carbonyl (C=O) groups is 2. The number of nitrogens with zero attached hydrogens (tertiary/aromatic N) is 1. The highest BCUT2D eigenvalue weighted by Crippen LogP contribution is 2.25. The third-order valence-corrected chi connectivity index (χ3v) is 4.01. The molecule has 1 heterocycles. The van der Waals surface area contributed by atoms with Gasteiger partial charge in [0.25, 0.3) is 0 Å². The van der Waals surface area contributed by atoms with E-state index < -0.39 is 0 Å². The maximum Gasteiger partial charge on any atom is 0.227 e. The van der Waals surface area contributed by atoms with Crippen LogP contribution >= 0.6 is 11.6 Å². The smallest absolute Gasteiger partial charge is 0.227 e. The molecule has 1 aromatic rings. The van der Waals surface area contributed by atoms with Crippen molar-refractivity contribution in [3.8, 4) is 0 Å². The highest BCUT2D eigenvalue weighted by molar-refractivity contribution is 6.33. The van der Waals surface area contributed by atoms with Crippen molar-refractivity contribution in [2.45, 2.75) is 26.7 Å². The van der Waals surface area contributed by atoms with Gasteiger partial charge in [-0.2, -0.15) is 0 Å². The van der Waals surface area contributed by atoms with Crippen LogP contribution in [0.1, 0.15) is 25.3 Å². The van der Waals surface area contributed by atoms with Gasteiger partial charge in [0.05, 0.1) is 10.7 Å². The molecule has 0 atom stereocenters. The number of benzene rings is 1. The Balaban J connectivity index is 1.94. The van der Waals surface area contributed by atoms with Gasteiger partial charge in [0.1, 0.15) is 0 Å². The molecule has 0 bridgehead atoms. The van der Waals surface area contributed by atoms with Crippen molar-refractivity contribution in [2.24, 2.45) is 5.92 Å². The van der Waals surface area contributed by atoms with Crippen molar-refractivity contribution < 1.29 is 9.59 Å². The third kappa shape index (κ3) is 3.51. The summed E-state index contributed by atoms with van der Waals surface area (Å²) in [5.74, 6) is 0.00682. The number of amides is 2. The van der Waals surface area contributed by atoms with Crippen molar-refractivity contribution in [3.63, 3.8) is 0 Å². The molecule has 0 aromatic heterocycles. The standard InChI is InChI=1S/C15H19ClN2O2/c1-10-3-4-14(13(16)9-10)17-15(20)12-5-7-18(8-6-12)11(2)19/h3-4,9,12H,5-8H2,1-2H3,(H,17,20). The lowest BCUT2D eigenvalue weighted by atomic mass is 9.96. The van der Waals surface area contributed by atoms with Crippen molar-refractivity contribution >= 4 is 29.1 Å². The average molecular weight is 295 g/mol. The summed E-state index contributed by atoms with van der Waals surface area (Å²) in [6.45, 7) is 4.81. The first kappa shape index (κ1) is 14.9. The number of rotatable bonds is 2. The van der Waals surface area contributed by atoms with E-state index in [9.17, 15) is 9.59 Å². The Bertz CT molecular complexity index is 523. The Morgan fingerprint density at radius 2 is 1.95 bits per heavy atom. The molecule has 1 aromatic carbocycles. The maximum atomic E-state index is 12.2. The summed E-state index contributed by atoms with van der Waals surface area (Å²) in [7, 11) is 0. The summed E-state index contributed by atoms with van der Waals surface area (Å²) < 4.78 is 0. The van der Waals surface area contributed by atoms with E-state index in [0.29, 0.717) is 36.6 Å². The van der Waals surface area contributed by atoms with Gasteiger partial charge in [-0.05, 0) is 37.5 Å². The maximum absolute atomic E-state index is 12.2. The number of carbonyl (C=O) groups excluding carboxylic acids is 2. The number of nitrogens with one attached hydrogen (secondary N) is 1. The summed E-state index contributed by atoms with van der Waals surface area (Å²) in [4.78, 5) is 25.2. The Hall–Kier alpha value is -1.55. The predicted octanol–water partition coefficient (Wildman–Crippen LogP) is 2.85. The Morgan fingerprint density at radius 3 is 2.50 bits per heavy atom. The number of hydrogen-bond acceptors (Lipinski definition) is 2. The van der Waals surface area contributed by atoms with Gasteiger partial charge in [0, 0.05) is 25.9 Å². The van der Waals surface area contributed by atoms with Crippen LogP contribution in [0.4, 0.5) is 5.69 Å². The molecule has 1 aliphatic rings. The molecule has 2 amide bonds.